The standard InChI is InChI=1S/C11H15F3N2O/c1-16(6-7-17-11(12,13)14)8-9-2-4-10(15)5-3-9/h2-5H,6-8,15H2,1H3. The normalized spacial score (nSPS) is 12.1. The fourth-order valence-electron chi connectivity index (χ4n) is 1.33. The van der Waals surface area contributed by atoms with Gasteiger partial charge in [-0.25, -0.2) is 0 Å². The zero-order chi connectivity index (χ0) is 12.9. The molecule has 0 heterocycles. The summed E-state index contributed by atoms with van der Waals surface area (Å²) in [6.45, 7) is 0.403. The zero-order valence-electron chi connectivity index (χ0n) is 9.50. The van der Waals surface area contributed by atoms with Crippen LogP contribution in [0.3, 0.4) is 0 Å². The number of benzene rings is 1. The van der Waals surface area contributed by atoms with Crippen molar-refractivity contribution in [3.05, 3.63) is 29.8 Å². The molecule has 6 heteroatoms. The molecule has 1 aromatic rings. The predicted octanol–water partition coefficient (Wildman–Crippen LogP) is 2.24. The lowest BCUT2D eigenvalue weighted by Gasteiger charge is -2.17. The molecule has 0 saturated carbocycles. The second-order valence-corrected chi connectivity index (χ2v) is 3.77. The quantitative estimate of drug-likeness (QED) is 0.812. The van der Waals surface area contributed by atoms with Gasteiger partial charge in [0.15, 0.2) is 0 Å². The number of likely N-dealkylation sites (N-methyl/N-ethyl adjacent to an activating group) is 1. The van der Waals surface area contributed by atoms with Gasteiger partial charge in [0.05, 0.1) is 6.61 Å². The van der Waals surface area contributed by atoms with Crippen LogP contribution in [0.15, 0.2) is 24.3 Å². The Labute approximate surface area is 98.0 Å². The third-order valence-electron chi connectivity index (χ3n) is 2.17. The van der Waals surface area contributed by atoms with E-state index in [4.69, 9.17) is 5.73 Å². The second kappa shape index (κ2) is 5.88. The van der Waals surface area contributed by atoms with E-state index in [0.29, 0.717) is 12.2 Å². The van der Waals surface area contributed by atoms with Gasteiger partial charge in [0.25, 0.3) is 0 Å². The smallest absolute Gasteiger partial charge is 0.399 e. The molecular weight excluding hydrogens is 233 g/mol. The molecule has 1 aromatic carbocycles. The van der Waals surface area contributed by atoms with E-state index in [2.05, 4.69) is 4.74 Å². The summed E-state index contributed by atoms with van der Waals surface area (Å²) in [7, 11) is 1.73. The highest BCUT2D eigenvalue weighted by molar-refractivity contribution is 5.39. The predicted molar refractivity (Wildman–Crippen MR) is 59.2 cm³/mol. The maximum atomic E-state index is 11.7. The molecule has 1 rings (SSSR count). The summed E-state index contributed by atoms with van der Waals surface area (Å²) >= 11 is 0. The number of hydrogen-bond donors (Lipinski definition) is 1. The van der Waals surface area contributed by atoms with E-state index in [9.17, 15) is 13.2 Å². The molecule has 3 nitrogen and oxygen atoms in total. The number of nitrogens with zero attached hydrogens (tertiary/aromatic N) is 1. The Morgan fingerprint density at radius 2 is 1.82 bits per heavy atom. The van der Waals surface area contributed by atoms with Gasteiger partial charge in [0.2, 0.25) is 0 Å². The molecule has 0 aliphatic rings. The maximum Gasteiger partial charge on any atom is 0.522 e. The lowest BCUT2D eigenvalue weighted by atomic mass is 10.2. The van der Waals surface area contributed by atoms with Gasteiger partial charge < -0.3 is 5.73 Å². The van der Waals surface area contributed by atoms with Crippen molar-refractivity contribution in [1.29, 1.82) is 0 Å². The molecule has 0 bridgehead atoms. The molecule has 0 atom stereocenters. The van der Waals surface area contributed by atoms with Crippen LogP contribution in [0.1, 0.15) is 5.56 Å². The first-order valence-corrected chi connectivity index (χ1v) is 5.10. The molecule has 17 heavy (non-hydrogen) atoms. The molecule has 2 N–H and O–H groups in total. The SMILES string of the molecule is CN(CCOC(F)(F)F)Cc1ccc(N)cc1. The van der Waals surface area contributed by atoms with Gasteiger partial charge in [-0.15, -0.1) is 13.2 Å². The van der Waals surface area contributed by atoms with Crippen LogP contribution >= 0.6 is 0 Å². The monoisotopic (exact) mass is 248 g/mol. The molecule has 0 spiro atoms. The molecule has 0 aliphatic carbocycles. The highest BCUT2D eigenvalue weighted by atomic mass is 19.4. The number of alkyl halides is 3. The average Bonchev–Trinajstić information content (AvgIpc) is 2.19. The lowest BCUT2D eigenvalue weighted by Crippen LogP contribution is -2.26. The Bertz CT molecular complexity index is 338. The van der Waals surface area contributed by atoms with Crippen molar-refractivity contribution >= 4 is 5.69 Å². The van der Waals surface area contributed by atoms with Gasteiger partial charge in [-0.3, -0.25) is 9.64 Å². The van der Waals surface area contributed by atoms with E-state index in [0.717, 1.165) is 5.56 Å². The Morgan fingerprint density at radius 3 is 2.35 bits per heavy atom. The van der Waals surface area contributed by atoms with Crippen molar-refractivity contribution in [3.8, 4) is 0 Å². The third-order valence-corrected chi connectivity index (χ3v) is 2.17. The van der Waals surface area contributed by atoms with E-state index < -0.39 is 6.36 Å². The van der Waals surface area contributed by atoms with Crippen molar-refractivity contribution in [2.45, 2.75) is 12.9 Å². The van der Waals surface area contributed by atoms with Crippen molar-refractivity contribution in [1.82, 2.24) is 4.90 Å². The first kappa shape index (κ1) is 13.8. The summed E-state index contributed by atoms with van der Waals surface area (Å²) in [4.78, 5) is 1.75. The summed E-state index contributed by atoms with van der Waals surface area (Å²) in [5.41, 5.74) is 7.18. The van der Waals surface area contributed by atoms with Crippen LogP contribution in [0.2, 0.25) is 0 Å². The summed E-state index contributed by atoms with van der Waals surface area (Å²) < 4.78 is 38.9. The Hall–Kier alpha value is -1.27. The van der Waals surface area contributed by atoms with Crippen LogP contribution in [-0.4, -0.2) is 31.5 Å². The number of anilines is 1. The minimum Gasteiger partial charge on any atom is -0.399 e. The fraction of sp³-hybridized carbons (Fsp3) is 0.455. The fourth-order valence-corrected chi connectivity index (χ4v) is 1.33. The van der Waals surface area contributed by atoms with Crippen molar-refractivity contribution < 1.29 is 17.9 Å². The summed E-state index contributed by atoms with van der Waals surface area (Å²) in [6.07, 6.45) is -4.55. The van der Waals surface area contributed by atoms with Crippen molar-refractivity contribution in [2.24, 2.45) is 0 Å². The van der Waals surface area contributed by atoms with Gasteiger partial charge in [-0.05, 0) is 24.7 Å². The van der Waals surface area contributed by atoms with Gasteiger partial charge >= 0.3 is 6.36 Å². The molecule has 0 aliphatic heterocycles. The van der Waals surface area contributed by atoms with Crippen LogP contribution in [-0.2, 0) is 11.3 Å². The van der Waals surface area contributed by atoms with Crippen LogP contribution in [0.4, 0.5) is 18.9 Å². The van der Waals surface area contributed by atoms with Gasteiger partial charge in [-0.1, -0.05) is 12.1 Å². The molecule has 0 radical (unpaired) electrons. The maximum absolute atomic E-state index is 11.7. The molecule has 0 unspecified atom stereocenters. The Kier molecular flexibility index (Phi) is 4.77. The molecule has 96 valence electrons. The van der Waals surface area contributed by atoms with E-state index in [1.165, 1.54) is 0 Å². The molecule has 0 aromatic heterocycles. The van der Waals surface area contributed by atoms with Crippen LogP contribution in [0, 0.1) is 0 Å². The number of nitrogen functional groups attached to an aromatic ring is 1. The van der Waals surface area contributed by atoms with Gasteiger partial charge in [0.1, 0.15) is 0 Å². The highest BCUT2D eigenvalue weighted by Crippen LogP contribution is 2.15. The third kappa shape index (κ3) is 6.13. The van der Waals surface area contributed by atoms with Crippen molar-refractivity contribution in [3.63, 3.8) is 0 Å². The number of rotatable bonds is 5. The van der Waals surface area contributed by atoms with E-state index in [1.54, 1.807) is 24.1 Å². The minimum absolute atomic E-state index is 0.212. The summed E-state index contributed by atoms with van der Waals surface area (Å²) in [5, 5.41) is 0. The summed E-state index contributed by atoms with van der Waals surface area (Å²) in [5.74, 6) is 0. The van der Waals surface area contributed by atoms with Crippen LogP contribution < -0.4 is 5.73 Å². The first-order chi connectivity index (χ1) is 7.87. The zero-order valence-corrected chi connectivity index (χ0v) is 9.50. The number of nitrogens with two attached hydrogens (primary N) is 1. The number of ether oxygens (including phenoxy) is 1. The molecule has 0 fully saturated rings. The van der Waals surface area contributed by atoms with Gasteiger partial charge in [-0.2, -0.15) is 0 Å². The number of hydrogen-bond acceptors (Lipinski definition) is 3. The second-order valence-electron chi connectivity index (χ2n) is 3.77. The lowest BCUT2D eigenvalue weighted by molar-refractivity contribution is -0.324. The average molecular weight is 248 g/mol. The number of halogens is 3. The van der Waals surface area contributed by atoms with Crippen molar-refractivity contribution in [2.75, 3.05) is 25.9 Å². The van der Waals surface area contributed by atoms with E-state index in [1.807, 2.05) is 12.1 Å². The largest absolute Gasteiger partial charge is 0.522 e. The van der Waals surface area contributed by atoms with E-state index >= 15 is 0 Å². The highest BCUT2D eigenvalue weighted by Gasteiger charge is 2.28. The molecular formula is C11H15F3N2O. The Morgan fingerprint density at radius 1 is 1.24 bits per heavy atom. The topological polar surface area (TPSA) is 38.5 Å². The Balaban J connectivity index is 2.30. The minimum atomic E-state index is -4.55. The van der Waals surface area contributed by atoms with E-state index in [-0.39, 0.29) is 13.2 Å². The van der Waals surface area contributed by atoms with Crippen LogP contribution in [0.5, 0.6) is 0 Å². The van der Waals surface area contributed by atoms with Gasteiger partial charge in [0, 0.05) is 18.8 Å². The summed E-state index contributed by atoms with van der Waals surface area (Å²) in [6, 6.07) is 7.21. The molecule has 0 amide bonds. The molecule has 0 saturated heterocycles. The van der Waals surface area contributed by atoms with Crippen LogP contribution in [0.25, 0.3) is 0 Å². The first-order valence-electron chi connectivity index (χ1n) is 5.10.